The van der Waals surface area contributed by atoms with Gasteiger partial charge in [0, 0.05) is 16.0 Å². The maximum atomic E-state index is 14.2. The van der Waals surface area contributed by atoms with E-state index in [1.807, 2.05) is 30.3 Å². The molecule has 0 heterocycles. The van der Waals surface area contributed by atoms with E-state index in [-0.39, 0.29) is 11.9 Å². The van der Waals surface area contributed by atoms with Crippen molar-refractivity contribution in [3.8, 4) is 0 Å². The highest BCUT2D eigenvalue weighted by atomic mass is 35.5. The van der Waals surface area contributed by atoms with Gasteiger partial charge in [-0.1, -0.05) is 42.4 Å². The third-order valence-electron chi connectivity index (χ3n) is 3.20. The summed E-state index contributed by atoms with van der Waals surface area (Å²) in [5, 5.41) is 4.10. The third kappa shape index (κ3) is 4.47. The second-order valence-electron chi connectivity index (χ2n) is 4.89. The SMILES string of the molecule is CCCNC(C)c1cccc(F)c1Sc1ccc(Cl)cc1. The second-order valence-corrected chi connectivity index (χ2v) is 6.41. The lowest BCUT2D eigenvalue weighted by Crippen LogP contribution is -2.20. The van der Waals surface area contributed by atoms with Crippen molar-refractivity contribution in [1.29, 1.82) is 0 Å². The lowest BCUT2D eigenvalue weighted by Gasteiger charge is -2.18. The predicted molar refractivity (Wildman–Crippen MR) is 88.7 cm³/mol. The zero-order valence-electron chi connectivity index (χ0n) is 12.2. The van der Waals surface area contributed by atoms with Crippen LogP contribution in [-0.4, -0.2) is 6.54 Å². The first-order valence-electron chi connectivity index (χ1n) is 7.07. The fraction of sp³-hybridized carbons (Fsp3) is 0.294. The van der Waals surface area contributed by atoms with E-state index in [2.05, 4.69) is 19.2 Å². The highest BCUT2D eigenvalue weighted by Gasteiger charge is 2.15. The Bertz CT molecular complexity index is 586. The van der Waals surface area contributed by atoms with Crippen LogP contribution in [0.5, 0.6) is 0 Å². The molecule has 21 heavy (non-hydrogen) atoms. The third-order valence-corrected chi connectivity index (χ3v) is 4.59. The van der Waals surface area contributed by atoms with Crippen molar-refractivity contribution >= 4 is 23.4 Å². The van der Waals surface area contributed by atoms with E-state index in [4.69, 9.17) is 11.6 Å². The molecule has 0 fully saturated rings. The fourth-order valence-corrected chi connectivity index (χ4v) is 3.23. The molecule has 0 bridgehead atoms. The van der Waals surface area contributed by atoms with Crippen LogP contribution in [0.1, 0.15) is 31.9 Å². The molecule has 0 saturated carbocycles. The van der Waals surface area contributed by atoms with E-state index in [1.54, 1.807) is 6.07 Å². The van der Waals surface area contributed by atoms with Crippen LogP contribution in [0.25, 0.3) is 0 Å². The zero-order valence-corrected chi connectivity index (χ0v) is 13.8. The molecule has 4 heteroatoms. The molecular weight excluding hydrogens is 305 g/mol. The Morgan fingerprint density at radius 3 is 2.57 bits per heavy atom. The summed E-state index contributed by atoms with van der Waals surface area (Å²) < 4.78 is 14.2. The molecule has 0 spiro atoms. The van der Waals surface area contributed by atoms with Gasteiger partial charge >= 0.3 is 0 Å². The largest absolute Gasteiger partial charge is 0.310 e. The molecule has 0 amide bonds. The molecular formula is C17H19ClFNS. The Kier molecular flexibility index (Phi) is 6.09. The van der Waals surface area contributed by atoms with Crippen LogP contribution in [0, 0.1) is 5.82 Å². The van der Waals surface area contributed by atoms with Crippen LogP contribution in [-0.2, 0) is 0 Å². The van der Waals surface area contributed by atoms with Crippen molar-refractivity contribution in [2.24, 2.45) is 0 Å². The summed E-state index contributed by atoms with van der Waals surface area (Å²) in [5.74, 6) is -0.183. The van der Waals surface area contributed by atoms with E-state index < -0.39 is 0 Å². The number of rotatable bonds is 6. The monoisotopic (exact) mass is 323 g/mol. The van der Waals surface area contributed by atoms with Crippen molar-refractivity contribution in [2.75, 3.05) is 6.54 Å². The van der Waals surface area contributed by atoms with Crippen molar-refractivity contribution < 1.29 is 4.39 Å². The minimum Gasteiger partial charge on any atom is -0.310 e. The number of benzene rings is 2. The van der Waals surface area contributed by atoms with Crippen LogP contribution in [0.4, 0.5) is 4.39 Å². The Hall–Kier alpha value is -1.03. The zero-order chi connectivity index (χ0) is 15.2. The average molecular weight is 324 g/mol. The molecule has 0 aromatic heterocycles. The summed E-state index contributed by atoms with van der Waals surface area (Å²) in [6.45, 7) is 5.10. The molecule has 0 aliphatic heterocycles. The number of nitrogens with one attached hydrogen (secondary N) is 1. The van der Waals surface area contributed by atoms with Gasteiger partial charge in [0.25, 0.3) is 0 Å². The van der Waals surface area contributed by atoms with Crippen molar-refractivity contribution in [3.05, 3.63) is 58.9 Å². The smallest absolute Gasteiger partial charge is 0.137 e. The molecule has 112 valence electrons. The fourth-order valence-electron chi connectivity index (χ4n) is 2.07. The maximum Gasteiger partial charge on any atom is 0.137 e. The van der Waals surface area contributed by atoms with Gasteiger partial charge < -0.3 is 5.32 Å². The minimum atomic E-state index is -0.183. The van der Waals surface area contributed by atoms with Gasteiger partial charge in [0.1, 0.15) is 5.82 Å². The van der Waals surface area contributed by atoms with E-state index in [1.165, 1.54) is 17.8 Å². The van der Waals surface area contributed by atoms with Gasteiger partial charge in [-0.05, 0) is 55.8 Å². The Morgan fingerprint density at radius 2 is 1.90 bits per heavy atom. The molecule has 0 saturated heterocycles. The predicted octanol–water partition coefficient (Wildman–Crippen LogP) is 5.69. The number of hydrogen-bond acceptors (Lipinski definition) is 2. The first-order valence-corrected chi connectivity index (χ1v) is 8.26. The van der Waals surface area contributed by atoms with Crippen LogP contribution in [0.3, 0.4) is 0 Å². The summed E-state index contributed by atoms with van der Waals surface area (Å²) in [6.07, 6.45) is 1.05. The topological polar surface area (TPSA) is 12.0 Å². The molecule has 1 N–H and O–H groups in total. The molecule has 1 atom stereocenters. The van der Waals surface area contributed by atoms with Crippen LogP contribution in [0.15, 0.2) is 52.3 Å². The van der Waals surface area contributed by atoms with Crippen molar-refractivity contribution in [2.45, 2.75) is 36.1 Å². The normalized spacial score (nSPS) is 12.4. The van der Waals surface area contributed by atoms with Gasteiger partial charge in [-0.15, -0.1) is 0 Å². The van der Waals surface area contributed by atoms with Gasteiger partial charge in [-0.2, -0.15) is 0 Å². The summed E-state index contributed by atoms with van der Waals surface area (Å²) in [5.41, 5.74) is 0.989. The summed E-state index contributed by atoms with van der Waals surface area (Å²) in [7, 11) is 0. The molecule has 1 unspecified atom stereocenters. The average Bonchev–Trinajstić information content (AvgIpc) is 2.49. The molecule has 0 aliphatic rings. The van der Waals surface area contributed by atoms with Gasteiger partial charge in [-0.3, -0.25) is 0 Å². The van der Waals surface area contributed by atoms with E-state index >= 15 is 0 Å². The first kappa shape index (κ1) is 16.3. The Labute approximate surface area is 134 Å². The van der Waals surface area contributed by atoms with Crippen LogP contribution >= 0.6 is 23.4 Å². The summed E-state index contributed by atoms with van der Waals surface area (Å²) in [6, 6.07) is 12.8. The first-order chi connectivity index (χ1) is 10.1. The number of halogens is 2. The Balaban J connectivity index is 2.26. The molecule has 1 nitrogen and oxygen atoms in total. The van der Waals surface area contributed by atoms with Crippen LogP contribution in [0.2, 0.25) is 5.02 Å². The van der Waals surface area contributed by atoms with Gasteiger partial charge in [0.15, 0.2) is 0 Å². The highest BCUT2D eigenvalue weighted by Crippen LogP contribution is 2.35. The highest BCUT2D eigenvalue weighted by molar-refractivity contribution is 7.99. The van der Waals surface area contributed by atoms with Crippen molar-refractivity contribution in [3.63, 3.8) is 0 Å². The maximum absolute atomic E-state index is 14.2. The lowest BCUT2D eigenvalue weighted by molar-refractivity contribution is 0.543. The Morgan fingerprint density at radius 1 is 1.19 bits per heavy atom. The lowest BCUT2D eigenvalue weighted by atomic mass is 10.1. The second kappa shape index (κ2) is 7.83. The minimum absolute atomic E-state index is 0.121. The molecule has 2 rings (SSSR count). The van der Waals surface area contributed by atoms with Crippen molar-refractivity contribution in [1.82, 2.24) is 5.32 Å². The molecule has 0 radical (unpaired) electrons. The molecule has 0 aliphatic carbocycles. The summed E-state index contributed by atoms with van der Waals surface area (Å²) in [4.78, 5) is 1.66. The summed E-state index contributed by atoms with van der Waals surface area (Å²) >= 11 is 7.33. The molecule has 2 aromatic rings. The number of hydrogen-bond donors (Lipinski definition) is 1. The molecule has 2 aromatic carbocycles. The van der Waals surface area contributed by atoms with Gasteiger partial charge in [-0.25, -0.2) is 4.39 Å². The van der Waals surface area contributed by atoms with Crippen LogP contribution < -0.4 is 5.32 Å². The van der Waals surface area contributed by atoms with E-state index in [0.29, 0.717) is 9.92 Å². The van der Waals surface area contributed by atoms with Gasteiger partial charge in [0.05, 0.1) is 4.90 Å². The quantitative estimate of drug-likeness (QED) is 0.732. The van der Waals surface area contributed by atoms with E-state index in [9.17, 15) is 4.39 Å². The van der Waals surface area contributed by atoms with E-state index in [0.717, 1.165) is 23.4 Å². The standard InChI is InChI=1S/C17H19ClFNS/c1-3-11-20-12(2)15-5-4-6-16(19)17(15)21-14-9-7-13(18)8-10-14/h4-10,12,20H,3,11H2,1-2H3. The van der Waals surface area contributed by atoms with Gasteiger partial charge in [0.2, 0.25) is 0 Å².